The average Bonchev–Trinajstić information content (AvgIpc) is 2.24. The average molecular weight is 238 g/mol. The Bertz CT molecular complexity index is 461. The van der Waals surface area contributed by atoms with Crippen LogP contribution in [0.4, 0.5) is 5.69 Å². The summed E-state index contributed by atoms with van der Waals surface area (Å²) in [4.78, 5) is 8.31. The first-order valence-corrected chi connectivity index (χ1v) is 5.45. The smallest absolute Gasteiger partial charge is 0.121 e. The van der Waals surface area contributed by atoms with Gasteiger partial charge < -0.3 is 5.73 Å². The Balaban J connectivity index is 2.25. The third kappa shape index (κ3) is 2.61. The number of hydrogen-bond donors (Lipinski definition) is 1. The molecule has 0 amide bonds. The zero-order valence-corrected chi connectivity index (χ0v) is 9.29. The molecule has 0 aliphatic heterocycles. The molecule has 2 N–H and O–H groups in total. The monoisotopic (exact) mass is 237 g/mol. The number of nitrogens with two attached hydrogens (primary N) is 1. The van der Waals surface area contributed by atoms with Crippen LogP contribution >= 0.6 is 23.4 Å². The summed E-state index contributed by atoms with van der Waals surface area (Å²) >= 11 is 7.40. The van der Waals surface area contributed by atoms with Gasteiger partial charge in [-0.05, 0) is 30.0 Å². The molecule has 3 nitrogen and oxygen atoms in total. The second-order valence-corrected chi connectivity index (χ2v) is 4.24. The van der Waals surface area contributed by atoms with Crippen molar-refractivity contribution in [2.75, 3.05) is 5.73 Å². The number of aromatic nitrogens is 2. The zero-order chi connectivity index (χ0) is 10.7. The molecule has 0 bridgehead atoms. The SMILES string of the molecule is Nc1cnc(Sc2ccccn2)c(Cl)c1. The lowest BCUT2D eigenvalue weighted by molar-refractivity contribution is 1.09. The first kappa shape index (κ1) is 10.3. The van der Waals surface area contributed by atoms with E-state index in [1.54, 1.807) is 18.5 Å². The van der Waals surface area contributed by atoms with Crippen molar-refractivity contribution in [1.29, 1.82) is 0 Å². The predicted octanol–water partition coefficient (Wildman–Crippen LogP) is 2.86. The lowest BCUT2D eigenvalue weighted by atomic mass is 10.4. The highest BCUT2D eigenvalue weighted by Crippen LogP contribution is 2.30. The molecule has 76 valence electrons. The molecule has 2 aromatic heterocycles. The van der Waals surface area contributed by atoms with Gasteiger partial charge in [-0.25, -0.2) is 9.97 Å². The van der Waals surface area contributed by atoms with Gasteiger partial charge in [0.05, 0.1) is 16.9 Å². The molecule has 0 aromatic carbocycles. The molecule has 0 spiro atoms. The minimum Gasteiger partial charge on any atom is -0.397 e. The van der Waals surface area contributed by atoms with Gasteiger partial charge in [0.25, 0.3) is 0 Å². The van der Waals surface area contributed by atoms with E-state index in [0.717, 1.165) is 5.03 Å². The number of rotatable bonds is 2. The van der Waals surface area contributed by atoms with Crippen LogP contribution < -0.4 is 5.73 Å². The van der Waals surface area contributed by atoms with E-state index in [-0.39, 0.29) is 0 Å². The predicted molar refractivity (Wildman–Crippen MR) is 62.0 cm³/mol. The van der Waals surface area contributed by atoms with Crippen LogP contribution in [0.25, 0.3) is 0 Å². The Morgan fingerprint density at radius 2 is 2.13 bits per heavy atom. The van der Waals surface area contributed by atoms with Crippen molar-refractivity contribution < 1.29 is 0 Å². The number of pyridine rings is 2. The summed E-state index contributed by atoms with van der Waals surface area (Å²) in [6.07, 6.45) is 3.31. The Hall–Kier alpha value is -1.26. The van der Waals surface area contributed by atoms with Crippen LogP contribution in [0.15, 0.2) is 46.7 Å². The Kier molecular flexibility index (Phi) is 3.08. The van der Waals surface area contributed by atoms with Crippen molar-refractivity contribution in [2.24, 2.45) is 0 Å². The van der Waals surface area contributed by atoms with Crippen LogP contribution in [-0.4, -0.2) is 9.97 Å². The summed E-state index contributed by atoms with van der Waals surface area (Å²) in [7, 11) is 0. The third-order valence-corrected chi connectivity index (χ3v) is 3.04. The van der Waals surface area contributed by atoms with Crippen molar-refractivity contribution >= 4 is 29.1 Å². The van der Waals surface area contributed by atoms with Crippen molar-refractivity contribution in [3.05, 3.63) is 41.7 Å². The van der Waals surface area contributed by atoms with Gasteiger partial charge in [-0.15, -0.1) is 0 Å². The van der Waals surface area contributed by atoms with Gasteiger partial charge in [0.1, 0.15) is 10.1 Å². The maximum absolute atomic E-state index is 5.99. The molecule has 0 atom stereocenters. The highest BCUT2D eigenvalue weighted by Gasteiger charge is 2.05. The van der Waals surface area contributed by atoms with Crippen LogP contribution in [0.5, 0.6) is 0 Å². The number of halogens is 1. The molecule has 5 heteroatoms. The molecule has 0 saturated heterocycles. The summed E-state index contributed by atoms with van der Waals surface area (Å²) < 4.78 is 0. The van der Waals surface area contributed by atoms with Gasteiger partial charge in [0.15, 0.2) is 0 Å². The van der Waals surface area contributed by atoms with Gasteiger partial charge in [-0.1, -0.05) is 17.7 Å². The van der Waals surface area contributed by atoms with Gasteiger partial charge in [-0.2, -0.15) is 0 Å². The van der Waals surface area contributed by atoms with Crippen molar-refractivity contribution in [3.63, 3.8) is 0 Å². The zero-order valence-electron chi connectivity index (χ0n) is 7.72. The Morgan fingerprint density at radius 3 is 2.80 bits per heavy atom. The topological polar surface area (TPSA) is 51.8 Å². The lowest BCUT2D eigenvalue weighted by Gasteiger charge is -2.02. The van der Waals surface area contributed by atoms with E-state index in [1.807, 2.05) is 18.2 Å². The number of hydrogen-bond acceptors (Lipinski definition) is 4. The fraction of sp³-hybridized carbons (Fsp3) is 0. The highest BCUT2D eigenvalue weighted by atomic mass is 35.5. The maximum atomic E-state index is 5.99. The van der Waals surface area contributed by atoms with Crippen LogP contribution in [0.1, 0.15) is 0 Å². The van der Waals surface area contributed by atoms with Crippen LogP contribution in [-0.2, 0) is 0 Å². The minimum atomic E-state index is 0.547. The summed E-state index contributed by atoms with van der Waals surface area (Å²) in [5, 5.41) is 2.12. The molecule has 2 heterocycles. The van der Waals surface area contributed by atoms with E-state index in [1.165, 1.54) is 11.8 Å². The maximum Gasteiger partial charge on any atom is 0.121 e. The van der Waals surface area contributed by atoms with E-state index < -0.39 is 0 Å². The van der Waals surface area contributed by atoms with E-state index in [0.29, 0.717) is 15.7 Å². The normalized spacial score (nSPS) is 10.2. The Labute approximate surface area is 96.7 Å². The van der Waals surface area contributed by atoms with Gasteiger partial charge >= 0.3 is 0 Å². The number of nitrogen functional groups attached to an aromatic ring is 1. The molecule has 0 aliphatic rings. The molecule has 0 aliphatic carbocycles. The fourth-order valence-corrected chi connectivity index (χ4v) is 2.03. The molecular formula is C10H8ClN3S. The molecule has 0 unspecified atom stereocenters. The van der Waals surface area contributed by atoms with E-state index in [4.69, 9.17) is 17.3 Å². The second kappa shape index (κ2) is 4.51. The Morgan fingerprint density at radius 1 is 1.27 bits per heavy atom. The van der Waals surface area contributed by atoms with Gasteiger partial charge in [0, 0.05) is 6.20 Å². The van der Waals surface area contributed by atoms with Gasteiger partial charge in [-0.3, -0.25) is 0 Å². The number of anilines is 1. The minimum absolute atomic E-state index is 0.547. The van der Waals surface area contributed by atoms with Crippen LogP contribution in [0, 0.1) is 0 Å². The summed E-state index contributed by atoms with van der Waals surface area (Å²) in [6, 6.07) is 7.36. The van der Waals surface area contributed by atoms with Crippen molar-refractivity contribution in [2.45, 2.75) is 10.1 Å². The molecule has 0 fully saturated rings. The summed E-state index contributed by atoms with van der Waals surface area (Å²) in [6.45, 7) is 0. The quantitative estimate of drug-likeness (QED) is 0.873. The molecule has 0 radical (unpaired) electrons. The summed E-state index contributed by atoms with van der Waals surface area (Å²) in [5.74, 6) is 0. The number of nitrogens with zero attached hydrogens (tertiary/aromatic N) is 2. The van der Waals surface area contributed by atoms with E-state index >= 15 is 0 Å². The molecule has 0 saturated carbocycles. The van der Waals surface area contributed by atoms with Crippen LogP contribution in [0.3, 0.4) is 0 Å². The molecular weight excluding hydrogens is 230 g/mol. The first-order valence-electron chi connectivity index (χ1n) is 4.25. The van der Waals surface area contributed by atoms with Gasteiger partial charge in [0.2, 0.25) is 0 Å². The second-order valence-electron chi connectivity index (χ2n) is 2.83. The fourth-order valence-electron chi connectivity index (χ4n) is 1.02. The standard InChI is InChI=1S/C10H8ClN3S/c11-8-5-7(12)6-14-10(8)15-9-3-1-2-4-13-9/h1-6H,12H2. The highest BCUT2D eigenvalue weighted by molar-refractivity contribution is 7.99. The van der Waals surface area contributed by atoms with E-state index in [9.17, 15) is 0 Å². The molecule has 2 rings (SSSR count). The van der Waals surface area contributed by atoms with Crippen LogP contribution in [0.2, 0.25) is 5.02 Å². The molecule has 15 heavy (non-hydrogen) atoms. The third-order valence-electron chi connectivity index (χ3n) is 1.67. The first-order chi connectivity index (χ1) is 7.25. The van der Waals surface area contributed by atoms with Crippen molar-refractivity contribution in [3.8, 4) is 0 Å². The largest absolute Gasteiger partial charge is 0.397 e. The molecule has 2 aromatic rings. The lowest BCUT2D eigenvalue weighted by Crippen LogP contribution is -1.89. The van der Waals surface area contributed by atoms with E-state index in [2.05, 4.69) is 9.97 Å². The summed E-state index contributed by atoms with van der Waals surface area (Å²) in [5.41, 5.74) is 6.11. The van der Waals surface area contributed by atoms with Crippen molar-refractivity contribution in [1.82, 2.24) is 9.97 Å².